The molecule has 0 N–H and O–H groups in total. The maximum atomic E-state index is 4.08. The van der Waals surface area contributed by atoms with Crippen molar-refractivity contribution in [2.45, 2.75) is 11.6 Å². The van der Waals surface area contributed by atoms with Gasteiger partial charge in [0, 0.05) is 0 Å². The molecule has 0 amide bonds. The van der Waals surface area contributed by atoms with Crippen LogP contribution in [0, 0.1) is 0 Å². The number of hydrogen-bond donors (Lipinski definition) is 0. The Morgan fingerprint density at radius 2 is 1.20 bits per heavy atom. The van der Waals surface area contributed by atoms with Gasteiger partial charge in [-0.25, -0.2) is 0 Å². The number of rotatable bonds is 0. The van der Waals surface area contributed by atoms with E-state index in [1.165, 1.54) is 0 Å². The van der Waals surface area contributed by atoms with E-state index in [2.05, 4.69) is 24.2 Å². The van der Waals surface area contributed by atoms with Gasteiger partial charge >= 0.3 is 26.8 Å². The van der Waals surface area contributed by atoms with Crippen molar-refractivity contribution in [1.29, 1.82) is 0 Å². The summed E-state index contributed by atoms with van der Waals surface area (Å²) in [5, 5.41) is 0. The van der Waals surface area contributed by atoms with Gasteiger partial charge < -0.3 is 12.6 Å². The molecule has 0 aliphatic rings. The summed E-state index contributed by atoms with van der Waals surface area (Å²) in [6.07, 6.45) is 1.58. The molecule has 0 rings (SSSR count). The van der Waals surface area contributed by atoms with Crippen LogP contribution in [0.25, 0.3) is 0 Å². The first-order valence-corrected chi connectivity index (χ1v) is 4.69. The quantitative estimate of drug-likeness (QED) is 0.325. The van der Waals surface area contributed by atoms with Crippen LogP contribution in [-0.4, -0.2) is 21.5 Å². The zero-order valence-corrected chi connectivity index (χ0v) is 5.96. The van der Waals surface area contributed by atoms with E-state index in [0.29, 0.717) is 0 Å². The Hall–Kier alpha value is 0.882. The Morgan fingerprint density at radius 3 is 1.20 bits per heavy atom. The van der Waals surface area contributed by atoms with E-state index in [0.717, 1.165) is 15.2 Å². The molecule has 0 saturated heterocycles. The monoisotopic (exact) mass is 104 g/mol. The fraction of sp³-hybridized carbons (Fsp3) is 1.00. The van der Waals surface area contributed by atoms with E-state index in [9.17, 15) is 0 Å². The summed E-state index contributed by atoms with van der Waals surface area (Å²) in [4.78, 5) is 0. The molecule has 0 unspecified atom stereocenters. The molecule has 0 aromatic rings. The zero-order chi connectivity index (χ0) is 4.71. The summed E-state index contributed by atoms with van der Waals surface area (Å²) in [5.74, 6) is 4.42. The van der Waals surface area contributed by atoms with Crippen molar-refractivity contribution in [3.63, 3.8) is 0 Å². The van der Waals surface area contributed by atoms with E-state index >= 15 is 0 Å². The van der Waals surface area contributed by atoms with Gasteiger partial charge in [0.1, 0.15) is 0 Å². The second-order valence-corrected chi connectivity index (χ2v) is 1.73. The molecule has 30 valence electrons. The molecule has 5 heavy (non-hydrogen) atoms. The summed E-state index contributed by atoms with van der Waals surface area (Å²) in [6, 6.07) is 0. The van der Waals surface area contributed by atoms with Crippen LogP contribution >= 0.6 is 0 Å². The van der Waals surface area contributed by atoms with Gasteiger partial charge in [-0.2, -0.15) is 6.26 Å². The third kappa shape index (κ3) is 52.1. The van der Waals surface area contributed by atoms with Crippen LogP contribution in [0.15, 0.2) is 0 Å². The standard InChI is InChI=1S/CH4S.2CH3.Al/c1-2;;;/h2H,1H3;2*1H3;/q;;;+1/p-1. The van der Waals surface area contributed by atoms with E-state index in [-0.39, 0.29) is 0 Å². The normalized spacial score (nSPS) is 3.20. The zero-order valence-electron chi connectivity index (χ0n) is 3.99. The Labute approximate surface area is 46.1 Å². The average Bonchev–Trinajstić information content (AvgIpc) is 1.46. The Morgan fingerprint density at radius 1 is 1.20 bits per heavy atom. The van der Waals surface area contributed by atoms with Gasteiger partial charge in [-0.3, -0.25) is 0 Å². The van der Waals surface area contributed by atoms with Crippen molar-refractivity contribution < 1.29 is 0 Å². The van der Waals surface area contributed by atoms with Gasteiger partial charge in [0.15, 0.2) is 0 Å². The third-order valence-corrected chi connectivity index (χ3v) is 0. The van der Waals surface area contributed by atoms with Gasteiger partial charge in [-0.05, 0) is 0 Å². The molecule has 0 atom stereocenters. The maximum absolute atomic E-state index is 4.08. The van der Waals surface area contributed by atoms with E-state index in [4.69, 9.17) is 0 Å². The van der Waals surface area contributed by atoms with Crippen LogP contribution in [0.1, 0.15) is 0 Å². The molecule has 0 aromatic heterocycles. The van der Waals surface area contributed by atoms with Crippen LogP contribution in [0.5, 0.6) is 0 Å². The van der Waals surface area contributed by atoms with Gasteiger partial charge in [0.25, 0.3) is 0 Å². The second-order valence-electron chi connectivity index (χ2n) is 0.577. The first-order chi connectivity index (χ1) is 2.41. The van der Waals surface area contributed by atoms with Crippen LogP contribution in [0.3, 0.4) is 0 Å². The van der Waals surface area contributed by atoms with Gasteiger partial charge in [-0.15, -0.1) is 0 Å². The Kier molecular flexibility index (Phi) is 38.6. The summed E-state index contributed by atoms with van der Waals surface area (Å²) >= 11 is 4.83. The minimum atomic E-state index is 0.750. The molecule has 2 heteroatoms. The molecule has 0 spiro atoms. The predicted octanol–water partition coefficient (Wildman–Crippen LogP) is 0.950. The molecular weight excluding hydrogens is 95.1 g/mol. The molecule has 0 heterocycles. The fourth-order valence-electron chi connectivity index (χ4n) is 0. The Balaban J connectivity index is 0. The van der Waals surface area contributed by atoms with Gasteiger partial charge in [0.05, 0.1) is 0 Å². The topological polar surface area (TPSA) is 0 Å². The molecule has 0 fully saturated rings. The second kappa shape index (κ2) is 20.8. The molecule has 0 aromatic carbocycles. The van der Waals surface area contributed by atoms with Gasteiger partial charge in [-0.1, -0.05) is 0 Å². The van der Waals surface area contributed by atoms with Gasteiger partial charge in [0.2, 0.25) is 0 Å². The molecule has 0 radical (unpaired) electrons. The van der Waals surface area contributed by atoms with E-state index in [1.54, 1.807) is 6.26 Å². The molecule has 0 aliphatic heterocycles. The Bertz CT molecular complexity index is 6.85. The van der Waals surface area contributed by atoms with Crippen molar-refractivity contribution in [2.24, 2.45) is 0 Å². The summed E-state index contributed by atoms with van der Waals surface area (Å²) < 4.78 is 0. The molecule has 0 aliphatic carbocycles. The third-order valence-electron chi connectivity index (χ3n) is 0. The SMILES string of the molecule is C[S-].[CH3][Al+][CH3]. The van der Waals surface area contributed by atoms with Crippen LogP contribution < -0.4 is 0 Å². The van der Waals surface area contributed by atoms with E-state index in [1.807, 2.05) is 0 Å². The van der Waals surface area contributed by atoms with Crippen LogP contribution in [0.4, 0.5) is 0 Å². The van der Waals surface area contributed by atoms with Crippen molar-refractivity contribution in [1.82, 2.24) is 0 Å². The first kappa shape index (κ1) is 9.30. The summed E-state index contributed by atoms with van der Waals surface area (Å²) in [5.41, 5.74) is 0. The molecular formula is C3H9AlS. The molecule has 0 nitrogen and oxygen atoms in total. The minimum absolute atomic E-state index is 0.750. The average molecular weight is 104 g/mol. The first-order valence-electron chi connectivity index (χ1n) is 1.56. The van der Waals surface area contributed by atoms with E-state index < -0.39 is 0 Å². The molecule has 0 bridgehead atoms. The van der Waals surface area contributed by atoms with Crippen molar-refractivity contribution in [3.8, 4) is 0 Å². The molecule has 0 saturated carbocycles. The van der Waals surface area contributed by atoms with Crippen molar-refractivity contribution in [2.75, 3.05) is 6.26 Å². The van der Waals surface area contributed by atoms with Crippen molar-refractivity contribution >= 4 is 27.8 Å². The van der Waals surface area contributed by atoms with Crippen LogP contribution in [0.2, 0.25) is 11.6 Å². The van der Waals surface area contributed by atoms with Crippen LogP contribution in [-0.2, 0) is 12.6 Å². The van der Waals surface area contributed by atoms with Crippen molar-refractivity contribution in [3.05, 3.63) is 0 Å². The fourth-order valence-corrected chi connectivity index (χ4v) is 0. The number of hydrogen-bond acceptors (Lipinski definition) is 1. The predicted molar refractivity (Wildman–Crippen MR) is 30.8 cm³/mol. The summed E-state index contributed by atoms with van der Waals surface area (Å²) in [6.45, 7) is 0. The summed E-state index contributed by atoms with van der Waals surface area (Å²) in [7, 11) is 0.